The van der Waals surface area contributed by atoms with Gasteiger partial charge in [0.05, 0.1) is 5.54 Å². The van der Waals surface area contributed by atoms with Crippen molar-refractivity contribution in [3.63, 3.8) is 0 Å². The SMILES string of the molecule is CCCCCCN1C(=O)c2ccccc2C(C(=O)O)C12CCCC2. The molecule has 1 aliphatic carbocycles. The smallest absolute Gasteiger partial charge is 0.313 e. The molecule has 0 saturated heterocycles. The lowest BCUT2D eigenvalue weighted by Gasteiger charge is -2.49. The van der Waals surface area contributed by atoms with Gasteiger partial charge in [0.1, 0.15) is 5.92 Å². The molecule has 1 fully saturated rings. The monoisotopic (exact) mass is 329 g/mol. The predicted molar refractivity (Wildman–Crippen MR) is 93.2 cm³/mol. The molecule has 1 spiro atoms. The molecule has 4 nitrogen and oxygen atoms in total. The number of carboxylic acid groups (broad SMARTS) is 1. The number of benzene rings is 1. The van der Waals surface area contributed by atoms with Gasteiger partial charge in [-0.1, -0.05) is 57.2 Å². The second kappa shape index (κ2) is 6.96. The van der Waals surface area contributed by atoms with Crippen LogP contribution in [-0.2, 0) is 4.79 Å². The molecule has 130 valence electrons. The molecule has 1 atom stereocenters. The van der Waals surface area contributed by atoms with E-state index in [1.54, 1.807) is 6.07 Å². The maximum atomic E-state index is 13.1. The number of fused-ring (bicyclic) bond motifs is 1. The number of carboxylic acids is 1. The maximum absolute atomic E-state index is 13.1. The summed E-state index contributed by atoms with van der Waals surface area (Å²) in [5, 5.41) is 9.99. The molecule has 1 unspecified atom stereocenters. The molecule has 1 N–H and O–H groups in total. The zero-order valence-electron chi connectivity index (χ0n) is 14.5. The number of nitrogens with zero attached hydrogens (tertiary/aromatic N) is 1. The normalized spacial score (nSPS) is 22.0. The number of amides is 1. The second-order valence-corrected chi connectivity index (χ2v) is 7.19. The summed E-state index contributed by atoms with van der Waals surface area (Å²) in [5.41, 5.74) is 0.767. The van der Waals surface area contributed by atoms with Gasteiger partial charge in [0.25, 0.3) is 5.91 Å². The van der Waals surface area contributed by atoms with Crippen LogP contribution in [0.1, 0.15) is 80.1 Å². The van der Waals surface area contributed by atoms with Crippen molar-refractivity contribution in [1.82, 2.24) is 4.90 Å². The van der Waals surface area contributed by atoms with Crippen LogP contribution in [0.5, 0.6) is 0 Å². The van der Waals surface area contributed by atoms with Crippen LogP contribution in [-0.4, -0.2) is 34.0 Å². The quantitative estimate of drug-likeness (QED) is 0.796. The van der Waals surface area contributed by atoms with E-state index in [0.717, 1.165) is 51.4 Å². The maximum Gasteiger partial charge on any atom is 0.313 e. The van der Waals surface area contributed by atoms with Crippen molar-refractivity contribution in [3.05, 3.63) is 35.4 Å². The molecule has 0 radical (unpaired) electrons. The summed E-state index contributed by atoms with van der Waals surface area (Å²) >= 11 is 0. The Morgan fingerprint density at radius 2 is 1.92 bits per heavy atom. The first-order valence-electron chi connectivity index (χ1n) is 9.25. The standard InChI is InChI=1S/C20H27NO3/c1-2-3-4-9-14-21-18(22)16-11-6-5-10-15(16)17(19(23)24)20(21)12-7-8-13-20/h5-6,10-11,17H,2-4,7-9,12-14H2,1H3,(H,23,24). The van der Waals surface area contributed by atoms with E-state index in [9.17, 15) is 14.7 Å². The van der Waals surface area contributed by atoms with Crippen molar-refractivity contribution in [3.8, 4) is 0 Å². The third-order valence-corrected chi connectivity index (χ3v) is 5.77. The van der Waals surface area contributed by atoms with Gasteiger partial charge in [-0.3, -0.25) is 9.59 Å². The van der Waals surface area contributed by atoms with Crippen LogP contribution in [0.3, 0.4) is 0 Å². The minimum atomic E-state index is -0.796. The topological polar surface area (TPSA) is 57.6 Å². The number of rotatable bonds is 6. The second-order valence-electron chi connectivity index (χ2n) is 7.19. The molecule has 1 saturated carbocycles. The van der Waals surface area contributed by atoms with Gasteiger partial charge in [-0.05, 0) is 30.9 Å². The van der Waals surface area contributed by atoms with Crippen molar-refractivity contribution in [2.45, 2.75) is 69.7 Å². The first kappa shape index (κ1) is 17.0. The fraction of sp³-hybridized carbons (Fsp3) is 0.600. The van der Waals surface area contributed by atoms with Gasteiger partial charge in [-0.15, -0.1) is 0 Å². The molecule has 0 aromatic heterocycles. The van der Waals surface area contributed by atoms with Crippen LogP contribution in [0.15, 0.2) is 24.3 Å². The fourth-order valence-corrected chi connectivity index (χ4v) is 4.67. The average molecular weight is 329 g/mol. The van der Waals surface area contributed by atoms with Gasteiger partial charge in [0.2, 0.25) is 0 Å². The Labute approximate surface area is 143 Å². The van der Waals surface area contributed by atoms with E-state index in [4.69, 9.17) is 0 Å². The van der Waals surface area contributed by atoms with Gasteiger partial charge < -0.3 is 10.0 Å². The molecule has 3 rings (SSSR count). The summed E-state index contributed by atoms with van der Waals surface area (Å²) < 4.78 is 0. The molecule has 1 aromatic carbocycles. The third kappa shape index (κ3) is 2.72. The molecule has 1 aliphatic heterocycles. The minimum Gasteiger partial charge on any atom is -0.481 e. The van der Waals surface area contributed by atoms with E-state index in [1.165, 1.54) is 0 Å². The summed E-state index contributed by atoms with van der Waals surface area (Å²) in [5.74, 6) is -1.36. The van der Waals surface area contributed by atoms with Gasteiger partial charge in [-0.2, -0.15) is 0 Å². The molecule has 1 aromatic rings. The first-order chi connectivity index (χ1) is 11.6. The third-order valence-electron chi connectivity index (χ3n) is 5.77. The number of hydrogen-bond acceptors (Lipinski definition) is 2. The molecule has 0 bridgehead atoms. The van der Waals surface area contributed by atoms with E-state index < -0.39 is 17.4 Å². The van der Waals surface area contributed by atoms with Gasteiger partial charge in [-0.25, -0.2) is 0 Å². The summed E-state index contributed by atoms with van der Waals surface area (Å²) in [4.78, 5) is 27.2. The number of hydrogen-bond donors (Lipinski definition) is 1. The lowest BCUT2D eigenvalue weighted by atomic mass is 9.71. The molecule has 1 amide bonds. The van der Waals surface area contributed by atoms with Crippen LogP contribution < -0.4 is 0 Å². The highest BCUT2D eigenvalue weighted by Crippen LogP contribution is 2.50. The van der Waals surface area contributed by atoms with Gasteiger partial charge >= 0.3 is 5.97 Å². The Bertz CT molecular complexity index is 619. The molecule has 1 heterocycles. The Morgan fingerprint density at radius 1 is 1.21 bits per heavy atom. The number of unbranched alkanes of at least 4 members (excludes halogenated alkanes) is 3. The van der Waals surface area contributed by atoms with Crippen LogP contribution in [0.4, 0.5) is 0 Å². The summed E-state index contributed by atoms with van der Waals surface area (Å²) in [7, 11) is 0. The van der Waals surface area contributed by atoms with E-state index in [-0.39, 0.29) is 5.91 Å². The van der Waals surface area contributed by atoms with Crippen molar-refractivity contribution in [1.29, 1.82) is 0 Å². The molecular weight excluding hydrogens is 302 g/mol. The van der Waals surface area contributed by atoms with Crippen LogP contribution in [0.2, 0.25) is 0 Å². The average Bonchev–Trinajstić information content (AvgIpc) is 3.03. The van der Waals surface area contributed by atoms with Crippen LogP contribution >= 0.6 is 0 Å². The Hall–Kier alpha value is -1.84. The Morgan fingerprint density at radius 3 is 2.58 bits per heavy atom. The van der Waals surface area contributed by atoms with Crippen LogP contribution in [0, 0.1) is 0 Å². The summed E-state index contributed by atoms with van der Waals surface area (Å²) in [6.07, 6.45) is 7.98. The lowest BCUT2D eigenvalue weighted by Crippen LogP contribution is -2.59. The van der Waals surface area contributed by atoms with Gasteiger partial charge in [0.15, 0.2) is 0 Å². The summed E-state index contributed by atoms with van der Waals surface area (Å²) in [6.45, 7) is 2.85. The Kier molecular flexibility index (Phi) is 4.93. The molecule has 4 heteroatoms. The molecule has 2 aliphatic rings. The molecular formula is C20H27NO3. The number of carbonyl (C=O) groups is 2. The van der Waals surface area contributed by atoms with E-state index in [0.29, 0.717) is 17.7 Å². The van der Waals surface area contributed by atoms with Crippen LogP contribution in [0.25, 0.3) is 0 Å². The highest BCUT2D eigenvalue weighted by molar-refractivity contribution is 6.01. The highest BCUT2D eigenvalue weighted by atomic mass is 16.4. The van der Waals surface area contributed by atoms with Crippen molar-refractivity contribution >= 4 is 11.9 Å². The molecule has 24 heavy (non-hydrogen) atoms. The Balaban J connectivity index is 2.00. The number of carbonyl (C=O) groups excluding carboxylic acids is 1. The first-order valence-corrected chi connectivity index (χ1v) is 9.25. The predicted octanol–water partition coefficient (Wildman–Crippen LogP) is 4.20. The zero-order valence-corrected chi connectivity index (χ0v) is 14.5. The lowest BCUT2D eigenvalue weighted by molar-refractivity contribution is -0.143. The van der Waals surface area contributed by atoms with Gasteiger partial charge in [0, 0.05) is 12.1 Å². The zero-order chi connectivity index (χ0) is 17.2. The fourth-order valence-electron chi connectivity index (χ4n) is 4.67. The van der Waals surface area contributed by atoms with Crippen molar-refractivity contribution in [2.75, 3.05) is 6.54 Å². The van der Waals surface area contributed by atoms with Crippen molar-refractivity contribution in [2.24, 2.45) is 0 Å². The minimum absolute atomic E-state index is 0.0292. The van der Waals surface area contributed by atoms with E-state index >= 15 is 0 Å². The summed E-state index contributed by atoms with van der Waals surface area (Å²) in [6, 6.07) is 7.30. The van der Waals surface area contributed by atoms with E-state index in [1.807, 2.05) is 23.1 Å². The van der Waals surface area contributed by atoms with E-state index in [2.05, 4.69) is 6.92 Å². The van der Waals surface area contributed by atoms with Crippen molar-refractivity contribution < 1.29 is 14.7 Å². The number of aliphatic carboxylic acids is 1. The highest BCUT2D eigenvalue weighted by Gasteiger charge is 2.55. The largest absolute Gasteiger partial charge is 0.481 e.